The number of rotatable bonds is 5. The Morgan fingerprint density at radius 1 is 1.16 bits per heavy atom. The zero-order valence-corrected chi connectivity index (χ0v) is 13.5. The SMILES string of the molecule is C[C@@H](NC(=O)COc1ccc2ccc(=O)oc2c1)c1ccc(F)cc1. The molecule has 0 aliphatic carbocycles. The standard InChI is InChI=1S/C19H16FNO4/c1-12(13-2-6-15(20)7-3-13)21-18(22)11-24-16-8-4-14-5-9-19(23)25-17(14)10-16/h2-10,12H,11H2,1H3,(H,21,22)/t12-/m1/s1. The van der Waals surface area contributed by atoms with Crippen LogP contribution in [-0.2, 0) is 4.79 Å². The molecule has 1 amide bonds. The van der Waals surface area contributed by atoms with Crippen molar-refractivity contribution in [3.05, 3.63) is 76.4 Å². The van der Waals surface area contributed by atoms with Crippen molar-refractivity contribution in [2.24, 2.45) is 0 Å². The van der Waals surface area contributed by atoms with Gasteiger partial charge in [0, 0.05) is 17.5 Å². The van der Waals surface area contributed by atoms with E-state index >= 15 is 0 Å². The Kier molecular flexibility index (Phi) is 4.79. The Morgan fingerprint density at radius 2 is 1.88 bits per heavy atom. The molecule has 0 aliphatic heterocycles. The van der Waals surface area contributed by atoms with E-state index in [0.29, 0.717) is 11.3 Å². The first-order chi connectivity index (χ1) is 12.0. The van der Waals surface area contributed by atoms with Crippen molar-refractivity contribution in [3.8, 4) is 5.75 Å². The summed E-state index contributed by atoms with van der Waals surface area (Å²) >= 11 is 0. The number of nitrogens with one attached hydrogen (secondary N) is 1. The Bertz CT molecular complexity index is 950. The summed E-state index contributed by atoms with van der Waals surface area (Å²) in [4.78, 5) is 23.2. The third-order valence-corrected chi connectivity index (χ3v) is 3.71. The van der Waals surface area contributed by atoms with Gasteiger partial charge in [0.25, 0.3) is 5.91 Å². The van der Waals surface area contributed by atoms with Gasteiger partial charge in [0.2, 0.25) is 0 Å². The number of carbonyl (C=O) groups excluding carboxylic acids is 1. The van der Waals surface area contributed by atoms with Crippen LogP contribution < -0.4 is 15.7 Å². The van der Waals surface area contributed by atoms with Crippen molar-refractivity contribution < 1.29 is 18.3 Å². The second-order valence-electron chi connectivity index (χ2n) is 5.58. The van der Waals surface area contributed by atoms with Crippen LogP contribution in [0, 0.1) is 5.82 Å². The number of fused-ring (bicyclic) bond motifs is 1. The zero-order chi connectivity index (χ0) is 17.8. The maximum Gasteiger partial charge on any atom is 0.336 e. The van der Waals surface area contributed by atoms with Crippen LogP contribution >= 0.6 is 0 Å². The van der Waals surface area contributed by atoms with Crippen molar-refractivity contribution in [2.45, 2.75) is 13.0 Å². The minimum Gasteiger partial charge on any atom is -0.484 e. The third kappa shape index (κ3) is 4.23. The summed E-state index contributed by atoms with van der Waals surface area (Å²) in [5, 5.41) is 3.54. The van der Waals surface area contributed by atoms with E-state index in [-0.39, 0.29) is 24.4 Å². The fourth-order valence-corrected chi connectivity index (χ4v) is 2.40. The van der Waals surface area contributed by atoms with Crippen LogP contribution in [-0.4, -0.2) is 12.5 Å². The second kappa shape index (κ2) is 7.17. The number of amides is 1. The van der Waals surface area contributed by atoms with Crippen LogP contribution in [0.4, 0.5) is 4.39 Å². The van der Waals surface area contributed by atoms with Gasteiger partial charge in [-0.25, -0.2) is 9.18 Å². The van der Waals surface area contributed by atoms with Crippen LogP contribution in [0.1, 0.15) is 18.5 Å². The molecule has 1 atom stereocenters. The minimum absolute atomic E-state index is 0.186. The van der Waals surface area contributed by atoms with Gasteiger partial charge >= 0.3 is 5.63 Å². The van der Waals surface area contributed by atoms with Crippen LogP contribution in [0.15, 0.2) is 63.8 Å². The number of hydrogen-bond donors (Lipinski definition) is 1. The van der Waals surface area contributed by atoms with Crippen LogP contribution in [0.3, 0.4) is 0 Å². The maximum atomic E-state index is 12.9. The smallest absolute Gasteiger partial charge is 0.336 e. The Hall–Kier alpha value is -3.15. The van der Waals surface area contributed by atoms with E-state index in [1.807, 2.05) is 0 Å². The van der Waals surface area contributed by atoms with Gasteiger partial charge in [0.05, 0.1) is 6.04 Å². The predicted octanol–water partition coefficient (Wildman–Crippen LogP) is 3.19. The fraction of sp³-hybridized carbons (Fsp3) is 0.158. The van der Waals surface area contributed by atoms with Crippen molar-refractivity contribution in [2.75, 3.05) is 6.61 Å². The van der Waals surface area contributed by atoms with E-state index < -0.39 is 5.63 Å². The molecule has 0 saturated heterocycles. The molecule has 5 nitrogen and oxygen atoms in total. The van der Waals surface area contributed by atoms with Crippen molar-refractivity contribution in [3.63, 3.8) is 0 Å². The van der Waals surface area contributed by atoms with E-state index in [4.69, 9.17) is 9.15 Å². The van der Waals surface area contributed by atoms with Crippen molar-refractivity contribution >= 4 is 16.9 Å². The van der Waals surface area contributed by atoms with Gasteiger partial charge in [0.15, 0.2) is 6.61 Å². The fourth-order valence-electron chi connectivity index (χ4n) is 2.40. The predicted molar refractivity (Wildman–Crippen MR) is 90.9 cm³/mol. The summed E-state index contributed by atoms with van der Waals surface area (Å²) in [5.41, 5.74) is 0.739. The highest BCUT2D eigenvalue weighted by molar-refractivity contribution is 5.79. The monoisotopic (exact) mass is 341 g/mol. The first-order valence-electron chi connectivity index (χ1n) is 7.73. The lowest BCUT2D eigenvalue weighted by Crippen LogP contribution is -2.31. The van der Waals surface area contributed by atoms with Gasteiger partial charge in [-0.3, -0.25) is 4.79 Å². The molecule has 0 unspecified atom stereocenters. The summed E-state index contributed by atoms with van der Waals surface area (Å²) in [5.74, 6) is -0.216. The van der Waals surface area contributed by atoms with Gasteiger partial charge < -0.3 is 14.5 Å². The lowest BCUT2D eigenvalue weighted by atomic mass is 10.1. The van der Waals surface area contributed by atoms with E-state index in [9.17, 15) is 14.0 Å². The molecule has 1 heterocycles. The molecule has 3 rings (SSSR count). The van der Waals surface area contributed by atoms with Crippen LogP contribution in [0.5, 0.6) is 5.75 Å². The molecule has 25 heavy (non-hydrogen) atoms. The number of benzene rings is 2. The first kappa shape index (κ1) is 16.7. The molecule has 1 aromatic heterocycles. The van der Waals surface area contributed by atoms with Crippen molar-refractivity contribution in [1.29, 1.82) is 0 Å². The van der Waals surface area contributed by atoms with E-state index in [2.05, 4.69) is 5.32 Å². The molecule has 1 N–H and O–H groups in total. The summed E-state index contributed by atoms with van der Waals surface area (Å²) in [7, 11) is 0. The molecular weight excluding hydrogens is 325 g/mol. The van der Waals surface area contributed by atoms with Crippen molar-refractivity contribution in [1.82, 2.24) is 5.32 Å². The average Bonchev–Trinajstić information content (AvgIpc) is 2.60. The molecule has 0 spiro atoms. The Morgan fingerprint density at radius 3 is 2.64 bits per heavy atom. The summed E-state index contributed by atoms with van der Waals surface area (Å²) in [6.45, 7) is 1.62. The number of ether oxygens (including phenoxy) is 1. The molecule has 128 valence electrons. The minimum atomic E-state index is -0.449. The molecule has 6 heteroatoms. The summed E-state index contributed by atoms with van der Waals surface area (Å²) in [6.07, 6.45) is 0. The molecule has 0 aliphatic rings. The molecule has 0 fully saturated rings. The quantitative estimate of drug-likeness (QED) is 0.724. The maximum absolute atomic E-state index is 12.9. The van der Waals surface area contributed by atoms with Gasteiger partial charge in [-0.15, -0.1) is 0 Å². The molecule has 2 aromatic carbocycles. The van der Waals surface area contributed by atoms with Gasteiger partial charge in [-0.1, -0.05) is 12.1 Å². The Labute approximate surface area is 143 Å². The molecular formula is C19H16FNO4. The molecule has 0 saturated carbocycles. The number of halogens is 1. The largest absolute Gasteiger partial charge is 0.484 e. The average molecular weight is 341 g/mol. The first-order valence-corrected chi connectivity index (χ1v) is 7.73. The lowest BCUT2D eigenvalue weighted by molar-refractivity contribution is -0.123. The Balaban J connectivity index is 1.60. The summed E-state index contributed by atoms with van der Waals surface area (Å²) in [6, 6.07) is 13.6. The highest BCUT2D eigenvalue weighted by Crippen LogP contribution is 2.19. The van der Waals surface area contributed by atoms with Crippen LogP contribution in [0.2, 0.25) is 0 Å². The van der Waals surface area contributed by atoms with Gasteiger partial charge in [0.1, 0.15) is 17.1 Å². The summed E-state index contributed by atoms with van der Waals surface area (Å²) < 4.78 is 23.4. The molecule has 0 radical (unpaired) electrons. The van der Waals surface area contributed by atoms with Crippen LogP contribution in [0.25, 0.3) is 11.0 Å². The van der Waals surface area contributed by atoms with E-state index in [1.54, 1.807) is 43.3 Å². The van der Waals surface area contributed by atoms with E-state index in [1.165, 1.54) is 18.2 Å². The highest BCUT2D eigenvalue weighted by Gasteiger charge is 2.10. The lowest BCUT2D eigenvalue weighted by Gasteiger charge is -2.14. The second-order valence-corrected chi connectivity index (χ2v) is 5.58. The topological polar surface area (TPSA) is 68.5 Å². The zero-order valence-electron chi connectivity index (χ0n) is 13.5. The molecule has 0 bridgehead atoms. The van der Waals surface area contributed by atoms with Gasteiger partial charge in [-0.05, 0) is 42.8 Å². The third-order valence-electron chi connectivity index (χ3n) is 3.71. The highest BCUT2D eigenvalue weighted by atomic mass is 19.1. The van der Waals surface area contributed by atoms with E-state index in [0.717, 1.165) is 10.9 Å². The van der Waals surface area contributed by atoms with Gasteiger partial charge in [-0.2, -0.15) is 0 Å². The number of carbonyl (C=O) groups is 1. The molecule has 3 aromatic rings. The normalized spacial score (nSPS) is 11.9. The number of hydrogen-bond acceptors (Lipinski definition) is 4.